The second kappa shape index (κ2) is 12.1. The van der Waals surface area contributed by atoms with E-state index in [1.165, 1.54) is 16.7 Å². The first-order valence-corrected chi connectivity index (χ1v) is 17.9. The summed E-state index contributed by atoms with van der Waals surface area (Å²) >= 11 is 0. The van der Waals surface area contributed by atoms with Crippen molar-refractivity contribution in [2.45, 2.75) is 19.3 Å². The lowest BCUT2D eigenvalue weighted by Crippen LogP contribution is -2.15. The van der Waals surface area contributed by atoms with Crippen LogP contribution in [0.25, 0.3) is 67.5 Å². The van der Waals surface area contributed by atoms with Crippen molar-refractivity contribution in [2.75, 3.05) is 0 Å². The quantitative estimate of drug-likeness (QED) is 0.181. The van der Waals surface area contributed by atoms with Gasteiger partial charge in [-0.25, -0.2) is 15.0 Å². The molecular weight excluding hydrogens is 651 g/mol. The second-order valence-electron chi connectivity index (χ2n) is 14.0. The molecule has 8 aromatic rings. The molecule has 0 bridgehead atoms. The van der Waals surface area contributed by atoms with Crippen LogP contribution < -0.4 is 9.47 Å². The summed E-state index contributed by atoms with van der Waals surface area (Å²) in [7, 11) is 0. The minimum Gasteiger partial charge on any atom is -0.449 e. The van der Waals surface area contributed by atoms with Gasteiger partial charge >= 0.3 is 0 Å². The average molecular weight is 684 g/mol. The molecule has 1 aliphatic heterocycles. The topological polar surface area (TPSA) is 57.1 Å². The van der Waals surface area contributed by atoms with Crippen molar-refractivity contribution in [3.05, 3.63) is 175 Å². The van der Waals surface area contributed by atoms with Crippen LogP contribution in [0.5, 0.6) is 23.0 Å². The van der Waals surface area contributed by atoms with Gasteiger partial charge in [0.05, 0.1) is 0 Å². The molecule has 0 saturated heterocycles. The summed E-state index contributed by atoms with van der Waals surface area (Å²) in [6.45, 7) is 4.54. The van der Waals surface area contributed by atoms with Crippen molar-refractivity contribution >= 4 is 0 Å². The van der Waals surface area contributed by atoms with E-state index in [9.17, 15) is 0 Å². The molecule has 0 unspecified atom stereocenters. The first-order chi connectivity index (χ1) is 26.0. The highest BCUT2D eigenvalue weighted by Crippen LogP contribution is 2.58. The smallest absolute Gasteiger partial charge is 0.178 e. The predicted octanol–water partition coefficient (Wildman–Crippen LogP) is 12.4. The molecule has 10 rings (SSSR count). The van der Waals surface area contributed by atoms with E-state index < -0.39 is 0 Å². The monoisotopic (exact) mass is 683 g/mol. The van der Waals surface area contributed by atoms with E-state index in [1.807, 2.05) is 84.9 Å². The van der Waals surface area contributed by atoms with Crippen LogP contribution >= 0.6 is 0 Å². The van der Waals surface area contributed by atoms with Crippen LogP contribution in [0.3, 0.4) is 0 Å². The molecule has 1 aliphatic carbocycles. The largest absolute Gasteiger partial charge is 0.449 e. The molecule has 0 radical (unpaired) electrons. The van der Waals surface area contributed by atoms with Crippen LogP contribution in [0.2, 0.25) is 0 Å². The Morgan fingerprint density at radius 3 is 1.75 bits per heavy atom. The Kier molecular flexibility index (Phi) is 7.08. The number of hydrogen-bond donors (Lipinski definition) is 0. The third-order valence-electron chi connectivity index (χ3n) is 10.4. The maximum absolute atomic E-state index is 6.65. The van der Waals surface area contributed by atoms with E-state index in [4.69, 9.17) is 24.4 Å². The zero-order chi connectivity index (χ0) is 35.5. The molecular formula is C48H33N3O2. The first-order valence-electron chi connectivity index (χ1n) is 17.9. The highest BCUT2D eigenvalue weighted by atomic mass is 16.6. The van der Waals surface area contributed by atoms with Crippen molar-refractivity contribution in [3.63, 3.8) is 0 Å². The molecule has 0 atom stereocenters. The Bertz CT molecular complexity index is 2700. The van der Waals surface area contributed by atoms with E-state index in [1.54, 1.807) is 0 Å². The van der Waals surface area contributed by atoms with Gasteiger partial charge in [0.15, 0.2) is 40.5 Å². The normalized spacial score (nSPS) is 13.2. The number of aromatic nitrogens is 3. The predicted molar refractivity (Wildman–Crippen MR) is 211 cm³/mol. The lowest BCUT2D eigenvalue weighted by molar-refractivity contribution is 0.360. The number of ether oxygens (including phenoxy) is 2. The van der Waals surface area contributed by atoms with Gasteiger partial charge in [-0.05, 0) is 63.2 Å². The lowest BCUT2D eigenvalue weighted by Gasteiger charge is -2.25. The second-order valence-corrected chi connectivity index (χ2v) is 14.0. The van der Waals surface area contributed by atoms with Crippen LogP contribution in [0.1, 0.15) is 25.0 Å². The van der Waals surface area contributed by atoms with Gasteiger partial charge in [-0.2, -0.15) is 0 Å². The zero-order valence-corrected chi connectivity index (χ0v) is 29.2. The third kappa shape index (κ3) is 5.20. The van der Waals surface area contributed by atoms with Crippen molar-refractivity contribution in [3.8, 4) is 90.5 Å². The summed E-state index contributed by atoms with van der Waals surface area (Å²) in [5.41, 5.74) is 11.7. The molecule has 252 valence electrons. The fourth-order valence-electron chi connectivity index (χ4n) is 7.73. The van der Waals surface area contributed by atoms with Gasteiger partial charge in [0.25, 0.3) is 0 Å². The van der Waals surface area contributed by atoms with Crippen LogP contribution in [0.4, 0.5) is 0 Å². The number of hydrogen-bond acceptors (Lipinski definition) is 5. The molecule has 1 aromatic heterocycles. The number of benzene rings is 7. The van der Waals surface area contributed by atoms with Crippen LogP contribution in [-0.2, 0) is 5.41 Å². The Labute approximate surface area is 308 Å². The molecule has 0 fully saturated rings. The molecule has 7 aromatic carbocycles. The van der Waals surface area contributed by atoms with Crippen molar-refractivity contribution in [1.82, 2.24) is 15.0 Å². The lowest BCUT2D eigenvalue weighted by atomic mass is 9.82. The molecule has 0 amide bonds. The maximum Gasteiger partial charge on any atom is 0.178 e. The Morgan fingerprint density at radius 1 is 0.377 bits per heavy atom. The molecule has 0 saturated carbocycles. The van der Waals surface area contributed by atoms with Gasteiger partial charge in [-0.1, -0.05) is 153 Å². The third-order valence-corrected chi connectivity index (χ3v) is 10.4. The van der Waals surface area contributed by atoms with Crippen LogP contribution in [-0.4, -0.2) is 15.0 Å². The Balaban J connectivity index is 1.03. The number of rotatable bonds is 5. The van der Waals surface area contributed by atoms with Crippen molar-refractivity contribution in [1.29, 1.82) is 0 Å². The van der Waals surface area contributed by atoms with Crippen molar-refractivity contribution in [2.24, 2.45) is 0 Å². The number of nitrogens with zero attached hydrogens (tertiary/aromatic N) is 3. The summed E-state index contributed by atoms with van der Waals surface area (Å²) in [6, 6.07) is 55.9. The van der Waals surface area contributed by atoms with Crippen LogP contribution in [0, 0.1) is 0 Å². The molecule has 5 nitrogen and oxygen atoms in total. The highest BCUT2D eigenvalue weighted by molar-refractivity contribution is 5.88. The summed E-state index contributed by atoms with van der Waals surface area (Å²) in [5, 5.41) is 0. The van der Waals surface area contributed by atoms with Gasteiger partial charge in [-0.3, -0.25) is 0 Å². The minimum absolute atomic E-state index is 0.119. The van der Waals surface area contributed by atoms with E-state index in [0.29, 0.717) is 29.0 Å². The van der Waals surface area contributed by atoms with Gasteiger partial charge in [0.1, 0.15) is 0 Å². The fourth-order valence-corrected chi connectivity index (χ4v) is 7.73. The Hall–Kier alpha value is -6.85. The number of fused-ring (bicyclic) bond motifs is 6. The SMILES string of the molecule is CC1(C)c2ccccc2-c2c1ccc1c2Oc2ccc(-c3cccc(-c4nc(-c5ccccc5)nc(-c5ccccc5-c5ccccc5)n4)c3)cc2O1. The van der Waals surface area contributed by atoms with Gasteiger partial charge < -0.3 is 9.47 Å². The molecule has 0 N–H and O–H groups in total. The van der Waals surface area contributed by atoms with E-state index in [2.05, 4.69) is 92.7 Å². The molecule has 0 spiro atoms. The standard InChI is InChI=1S/C48H33N3O2/c1-48(2)38-23-12-11-22-37(38)43-39(48)25-27-41-44(43)53-40-26-24-33(29-42(40)52-41)32-18-13-19-34(28-32)46-49-45(31-16-7-4-8-17-31)50-47(51-46)36-21-10-9-20-35(36)30-14-5-3-6-15-30/h3-29H,1-2H3. The average Bonchev–Trinajstić information content (AvgIpc) is 3.46. The fraction of sp³-hybridized carbons (Fsp3) is 0.0625. The summed E-state index contributed by atoms with van der Waals surface area (Å²) in [4.78, 5) is 15.1. The summed E-state index contributed by atoms with van der Waals surface area (Å²) in [5.74, 6) is 4.70. The van der Waals surface area contributed by atoms with Crippen LogP contribution in [0.15, 0.2) is 164 Å². The molecule has 2 aliphatic rings. The maximum atomic E-state index is 6.65. The molecule has 2 heterocycles. The van der Waals surface area contributed by atoms with E-state index in [-0.39, 0.29) is 5.41 Å². The summed E-state index contributed by atoms with van der Waals surface area (Å²) < 4.78 is 13.2. The van der Waals surface area contributed by atoms with E-state index >= 15 is 0 Å². The molecule has 5 heteroatoms. The van der Waals surface area contributed by atoms with Gasteiger partial charge in [0, 0.05) is 27.7 Å². The summed E-state index contributed by atoms with van der Waals surface area (Å²) in [6.07, 6.45) is 0. The first kappa shape index (κ1) is 30.9. The molecule has 53 heavy (non-hydrogen) atoms. The van der Waals surface area contributed by atoms with Gasteiger partial charge in [0.2, 0.25) is 0 Å². The van der Waals surface area contributed by atoms with E-state index in [0.717, 1.165) is 56.0 Å². The Morgan fingerprint density at radius 2 is 0.962 bits per heavy atom. The van der Waals surface area contributed by atoms with Crippen molar-refractivity contribution < 1.29 is 9.47 Å². The van der Waals surface area contributed by atoms with Gasteiger partial charge in [-0.15, -0.1) is 0 Å². The highest BCUT2D eigenvalue weighted by Gasteiger charge is 2.39. The minimum atomic E-state index is -0.119. The zero-order valence-electron chi connectivity index (χ0n) is 29.2.